The minimum absolute atomic E-state index is 0.0297. The molecule has 0 amide bonds. The highest BCUT2D eigenvalue weighted by molar-refractivity contribution is 9.10. The fourth-order valence-electron chi connectivity index (χ4n) is 1.83. The first-order valence-electron chi connectivity index (χ1n) is 5.16. The van der Waals surface area contributed by atoms with Crippen LogP contribution in [0.3, 0.4) is 0 Å². The van der Waals surface area contributed by atoms with Crippen molar-refractivity contribution < 1.29 is 4.39 Å². The number of thiazole rings is 1. The summed E-state index contributed by atoms with van der Waals surface area (Å²) >= 11 is 4.67. The van der Waals surface area contributed by atoms with Gasteiger partial charge in [-0.3, -0.25) is 0 Å². The van der Waals surface area contributed by atoms with Crippen LogP contribution in [0, 0.1) is 12.7 Å². The third kappa shape index (κ3) is 2.50. The number of anilines is 1. The molecular weight excluding hydrogens is 303 g/mol. The van der Waals surface area contributed by atoms with Gasteiger partial charge in [0, 0.05) is 15.3 Å². The number of benzene rings is 1. The predicted molar refractivity (Wildman–Crippen MR) is 72.9 cm³/mol. The lowest BCUT2D eigenvalue weighted by Gasteiger charge is -2.11. The van der Waals surface area contributed by atoms with E-state index in [0.29, 0.717) is 10.7 Å². The Bertz CT molecular complexity index is 553. The molecule has 90 valence electrons. The van der Waals surface area contributed by atoms with Gasteiger partial charge in [0.05, 0.1) is 5.69 Å². The van der Waals surface area contributed by atoms with Gasteiger partial charge in [0.2, 0.25) is 0 Å². The standard InChI is InChI=1S/C12H12BrFN2S/c1-6(11-7(2)16-12(15)17-11)9-4-3-8(13)5-10(9)14/h3-6H,1-2H3,(H2,15,16). The monoisotopic (exact) mass is 314 g/mol. The van der Waals surface area contributed by atoms with Crippen LogP contribution in [-0.4, -0.2) is 4.98 Å². The molecule has 5 heteroatoms. The number of rotatable bonds is 2. The Balaban J connectivity index is 2.43. The first-order valence-corrected chi connectivity index (χ1v) is 6.77. The van der Waals surface area contributed by atoms with Gasteiger partial charge < -0.3 is 5.73 Å². The molecule has 1 atom stereocenters. The van der Waals surface area contributed by atoms with Crippen molar-refractivity contribution in [1.82, 2.24) is 4.98 Å². The average Bonchev–Trinajstić information content (AvgIpc) is 2.57. The van der Waals surface area contributed by atoms with Crippen LogP contribution in [0.25, 0.3) is 0 Å². The number of hydrogen-bond acceptors (Lipinski definition) is 3. The number of nitrogens with two attached hydrogens (primary N) is 1. The summed E-state index contributed by atoms with van der Waals surface area (Å²) in [7, 11) is 0. The molecule has 1 heterocycles. The smallest absolute Gasteiger partial charge is 0.180 e. The molecule has 2 aromatic rings. The topological polar surface area (TPSA) is 38.9 Å². The lowest BCUT2D eigenvalue weighted by molar-refractivity contribution is 0.603. The molecule has 1 aromatic heterocycles. The molecule has 0 aliphatic carbocycles. The quantitative estimate of drug-likeness (QED) is 0.906. The van der Waals surface area contributed by atoms with Crippen LogP contribution in [-0.2, 0) is 0 Å². The molecular formula is C12H12BrFN2S. The SMILES string of the molecule is Cc1nc(N)sc1C(C)c1ccc(Br)cc1F. The molecule has 0 aliphatic rings. The lowest BCUT2D eigenvalue weighted by Crippen LogP contribution is -1.99. The van der Waals surface area contributed by atoms with E-state index in [4.69, 9.17) is 5.73 Å². The van der Waals surface area contributed by atoms with E-state index in [9.17, 15) is 4.39 Å². The summed E-state index contributed by atoms with van der Waals surface area (Å²) in [6.07, 6.45) is 0. The fourth-order valence-corrected chi connectivity index (χ4v) is 3.06. The van der Waals surface area contributed by atoms with Gasteiger partial charge in [-0.2, -0.15) is 0 Å². The maximum atomic E-state index is 13.8. The third-order valence-electron chi connectivity index (χ3n) is 2.67. The van der Waals surface area contributed by atoms with Gasteiger partial charge in [0.1, 0.15) is 5.82 Å². The summed E-state index contributed by atoms with van der Waals surface area (Å²) in [5.74, 6) is -0.240. The van der Waals surface area contributed by atoms with E-state index < -0.39 is 0 Å². The molecule has 0 spiro atoms. The summed E-state index contributed by atoms with van der Waals surface area (Å²) in [5.41, 5.74) is 7.21. The Kier molecular flexibility index (Phi) is 3.49. The minimum Gasteiger partial charge on any atom is -0.375 e. The van der Waals surface area contributed by atoms with Gasteiger partial charge >= 0.3 is 0 Å². The van der Waals surface area contributed by atoms with Gasteiger partial charge in [0.15, 0.2) is 5.13 Å². The van der Waals surface area contributed by atoms with Gasteiger partial charge in [0.25, 0.3) is 0 Å². The molecule has 0 saturated heterocycles. The number of nitrogen functional groups attached to an aromatic ring is 1. The summed E-state index contributed by atoms with van der Waals surface area (Å²) in [6.45, 7) is 3.86. The second kappa shape index (κ2) is 4.74. The van der Waals surface area contributed by atoms with Crippen molar-refractivity contribution in [2.24, 2.45) is 0 Å². The van der Waals surface area contributed by atoms with Gasteiger partial charge in [-0.05, 0) is 24.6 Å². The summed E-state index contributed by atoms with van der Waals surface area (Å²) < 4.78 is 14.6. The Labute approximate surface area is 112 Å². The van der Waals surface area contributed by atoms with E-state index in [-0.39, 0.29) is 11.7 Å². The fraction of sp³-hybridized carbons (Fsp3) is 0.250. The normalized spacial score (nSPS) is 12.7. The predicted octanol–water partition coefficient (Wildman–Crippen LogP) is 4.09. The second-order valence-electron chi connectivity index (χ2n) is 3.89. The van der Waals surface area contributed by atoms with Crippen LogP contribution in [0.1, 0.15) is 29.0 Å². The van der Waals surface area contributed by atoms with Crippen molar-refractivity contribution in [3.63, 3.8) is 0 Å². The molecule has 2 rings (SSSR count). The van der Waals surface area contributed by atoms with E-state index in [1.54, 1.807) is 6.07 Å². The molecule has 0 bridgehead atoms. The highest BCUT2D eigenvalue weighted by Gasteiger charge is 2.18. The Hall–Kier alpha value is -0.940. The zero-order valence-corrected chi connectivity index (χ0v) is 11.9. The van der Waals surface area contributed by atoms with Crippen LogP contribution in [0.5, 0.6) is 0 Å². The summed E-state index contributed by atoms with van der Waals surface area (Å²) in [6, 6.07) is 5.11. The molecule has 2 nitrogen and oxygen atoms in total. The highest BCUT2D eigenvalue weighted by Crippen LogP contribution is 2.34. The van der Waals surface area contributed by atoms with Gasteiger partial charge in [-0.1, -0.05) is 28.9 Å². The maximum absolute atomic E-state index is 13.8. The van der Waals surface area contributed by atoms with Crippen molar-refractivity contribution in [3.05, 3.63) is 44.6 Å². The van der Waals surface area contributed by atoms with Crippen molar-refractivity contribution in [1.29, 1.82) is 0 Å². The zero-order chi connectivity index (χ0) is 12.6. The van der Waals surface area contributed by atoms with E-state index in [1.807, 2.05) is 19.9 Å². The number of aromatic nitrogens is 1. The maximum Gasteiger partial charge on any atom is 0.180 e. The van der Waals surface area contributed by atoms with Crippen LogP contribution in [0.2, 0.25) is 0 Å². The van der Waals surface area contributed by atoms with Crippen molar-refractivity contribution in [2.45, 2.75) is 19.8 Å². The molecule has 0 radical (unpaired) electrons. The van der Waals surface area contributed by atoms with E-state index in [1.165, 1.54) is 17.4 Å². The molecule has 2 N–H and O–H groups in total. The number of halogens is 2. The molecule has 0 aliphatic heterocycles. The highest BCUT2D eigenvalue weighted by atomic mass is 79.9. The first kappa shape index (κ1) is 12.5. The molecule has 0 fully saturated rings. The van der Waals surface area contributed by atoms with E-state index >= 15 is 0 Å². The molecule has 17 heavy (non-hydrogen) atoms. The summed E-state index contributed by atoms with van der Waals surface area (Å²) in [4.78, 5) is 5.19. The van der Waals surface area contributed by atoms with Gasteiger partial charge in [-0.25, -0.2) is 9.37 Å². The van der Waals surface area contributed by atoms with E-state index in [0.717, 1.165) is 15.0 Å². The number of hydrogen-bond donors (Lipinski definition) is 1. The third-order valence-corrected chi connectivity index (χ3v) is 4.33. The van der Waals surface area contributed by atoms with Crippen LogP contribution >= 0.6 is 27.3 Å². The molecule has 1 unspecified atom stereocenters. The minimum atomic E-state index is -0.210. The summed E-state index contributed by atoms with van der Waals surface area (Å²) in [5, 5.41) is 0.530. The first-order chi connectivity index (χ1) is 7.99. The zero-order valence-electron chi connectivity index (χ0n) is 9.50. The number of nitrogens with zero attached hydrogens (tertiary/aromatic N) is 1. The number of aryl methyl sites for hydroxylation is 1. The largest absolute Gasteiger partial charge is 0.375 e. The van der Waals surface area contributed by atoms with Crippen LogP contribution < -0.4 is 5.73 Å². The second-order valence-corrected chi connectivity index (χ2v) is 5.87. The Morgan fingerprint density at radius 2 is 2.18 bits per heavy atom. The Morgan fingerprint density at radius 1 is 1.47 bits per heavy atom. The van der Waals surface area contributed by atoms with Crippen molar-refractivity contribution in [2.75, 3.05) is 5.73 Å². The lowest BCUT2D eigenvalue weighted by atomic mass is 9.98. The van der Waals surface area contributed by atoms with Crippen LogP contribution in [0.4, 0.5) is 9.52 Å². The molecule has 0 saturated carbocycles. The van der Waals surface area contributed by atoms with E-state index in [2.05, 4.69) is 20.9 Å². The van der Waals surface area contributed by atoms with Crippen LogP contribution in [0.15, 0.2) is 22.7 Å². The van der Waals surface area contributed by atoms with Crippen molar-refractivity contribution in [3.8, 4) is 0 Å². The van der Waals surface area contributed by atoms with Gasteiger partial charge in [-0.15, -0.1) is 11.3 Å². The Morgan fingerprint density at radius 3 is 2.71 bits per heavy atom. The average molecular weight is 315 g/mol. The van der Waals surface area contributed by atoms with Crippen molar-refractivity contribution >= 4 is 32.4 Å². The molecule has 1 aromatic carbocycles.